The Morgan fingerprint density at radius 3 is 2.88 bits per heavy atom. The molecule has 8 heavy (non-hydrogen) atoms. The summed E-state index contributed by atoms with van der Waals surface area (Å²) < 4.78 is 2.42. The predicted octanol–water partition coefficient (Wildman–Crippen LogP) is 0.146. The van der Waals surface area contributed by atoms with Gasteiger partial charge in [-0.3, -0.25) is 4.99 Å². The number of hydrogen-bond donors (Lipinski definition) is 3. The van der Waals surface area contributed by atoms with E-state index in [-0.39, 0.29) is 0 Å². The molecule has 0 fully saturated rings. The van der Waals surface area contributed by atoms with Crippen LogP contribution in [0.25, 0.3) is 0 Å². The van der Waals surface area contributed by atoms with E-state index in [2.05, 4.69) is 22.5 Å². The standard InChI is InChI=1S/C4H11N3S/c1-2-3-6-4(5)7-8/h8H,2-3H2,1H3,(H3,5,6,7). The molecule has 0 radical (unpaired) electrons. The maximum atomic E-state index is 5.22. The summed E-state index contributed by atoms with van der Waals surface area (Å²) in [6.45, 7) is 2.80. The molecular weight excluding hydrogens is 122 g/mol. The smallest absolute Gasteiger partial charge is 0.198 e. The fourth-order valence-corrected chi connectivity index (χ4v) is 0.338. The summed E-state index contributed by atoms with van der Waals surface area (Å²) in [5.74, 6) is 0.384. The van der Waals surface area contributed by atoms with Crippen LogP contribution in [0.5, 0.6) is 0 Å². The van der Waals surface area contributed by atoms with E-state index in [0.717, 1.165) is 13.0 Å². The Labute approximate surface area is 54.9 Å². The van der Waals surface area contributed by atoms with Crippen molar-refractivity contribution >= 4 is 18.8 Å². The van der Waals surface area contributed by atoms with Crippen LogP contribution in [0.2, 0.25) is 0 Å². The molecule has 0 spiro atoms. The van der Waals surface area contributed by atoms with Gasteiger partial charge in [0.2, 0.25) is 0 Å². The minimum atomic E-state index is 0.384. The number of nitrogens with two attached hydrogens (primary N) is 1. The first kappa shape index (κ1) is 7.62. The molecule has 4 heteroatoms. The van der Waals surface area contributed by atoms with Gasteiger partial charge in [0.05, 0.1) is 0 Å². The van der Waals surface area contributed by atoms with Crippen LogP contribution >= 0.6 is 12.8 Å². The Bertz CT molecular complexity index is 81.4. The lowest BCUT2D eigenvalue weighted by molar-refractivity contribution is 0.925. The summed E-state index contributed by atoms with van der Waals surface area (Å²) in [5.41, 5.74) is 5.22. The lowest BCUT2D eigenvalue weighted by Gasteiger charge is -1.93. The first-order chi connectivity index (χ1) is 3.81. The fraction of sp³-hybridized carbons (Fsp3) is 0.750. The van der Waals surface area contributed by atoms with E-state index in [4.69, 9.17) is 5.73 Å². The molecular formula is C4H11N3S. The summed E-state index contributed by atoms with van der Waals surface area (Å²) in [6, 6.07) is 0. The monoisotopic (exact) mass is 133 g/mol. The third kappa shape index (κ3) is 3.80. The molecule has 3 nitrogen and oxygen atoms in total. The van der Waals surface area contributed by atoms with Crippen LogP contribution in [0.3, 0.4) is 0 Å². The number of rotatable bonds is 2. The number of guanidine groups is 1. The van der Waals surface area contributed by atoms with Crippen molar-refractivity contribution in [1.29, 1.82) is 0 Å². The quantitative estimate of drug-likeness (QED) is 0.285. The molecule has 0 saturated heterocycles. The zero-order valence-electron chi connectivity index (χ0n) is 4.89. The molecule has 0 unspecified atom stereocenters. The van der Waals surface area contributed by atoms with Crippen molar-refractivity contribution in [2.24, 2.45) is 10.7 Å². The molecule has 0 aromatic rings. The zero-order valence-corrected chi connectivity index (χ0v) is 5.78. The number of nitrogens with zero attached hydrogens (tertiary/aromatic N) is 1. The van der Waals surface area contributed by atoms with E-state index < -0.39 is 0 Å². The van der Waals surface area contributed by atoms with Gasteiger partial charge in [-0.1, -0.05) is 19.7 Å². The van der Waals surface area contributed by atoms with Gasteiger partial charge in [-0.25, -0.2) is 0 Å². The summed E-state index contributed by atoms with van der Waals surface area (Å²) in [5, 5.41) is 0. The second-order valence-corrected chi connectivity index (χ2v) is 1.60. The van der Waals surface area contributed by atoms with Gasteiger partial charge < -0.3 is 10.5 Å². The van der Waals surface area contributed by atoms with Crippen LogP contribution in [0.15, 0.2) is 4.99 Å². The summed E-state index contributed by atoms with van der Waals surface area (Å²) in [7, 11) is 0. The molecule has 0 aliphatic rings. The molecule has 0 amide bonds. The van der Waals surface area contributed by atoms with E-state index in [1.54, 1.807) is 0 Å². The van der Waals surface area contributed by atoms with Crippen LogP contribution in [-0.4, -0.2) is 12.5 Å². The van der Waals surface area contributed by atoms with E-state index in [1.807, 2.05) is 6.92 Å². The second kappa shape index (κ2) is 4.77. The Morgan fingerprint density at radius 2 is 2.50 bits per heavy atom. The molecule has 0 aromatic heterocycles. The van der Waals surface area contributed by atoms with Crippen LogP contribution in [0.4, 0.5) is 0 Å². The van der Waals surface area contributed by atoms with Crippen molar-refractivity contribution < 1.29 is 0 Å². The summed E-state index contributed by atoms with van der Waals surface area (Å²) in [6.07, 6.45) is 1.01. The molecule has 48 valence electrons. The second-order valence-electron chi connectivity index (χ2n) is 1.38. The van der Waals surface area contributed by atoms with Crippen molar-refractivity contribution in [3.63, 3.8) is 0 Å². The average Bonchev–Trinajstić information content (AvgIpc) is 1.83. The van der Waals surface area contributed by atoms with Gasteiger partial charge in [0, 0.05) is 6.54 Å². The third-order valence-electron chi connectivity index (χ3n) is 0.620. The Kier molecular flexibility index (Phi) is 4.54. The van der Waals surface area contributed by atoms with Crippen LogP contribution in [0.1, 0.15) is 13.3 Å². The average molecular weight is 133 g/mol. The number of nitrogens with one attached hydrogen (secondary N) is 1. The summed E-state index contributed by atoms with van der Waals surface area (Å²) >= 11 is 3.68. The van der Waals surface area contributed by atoms with Crippen LogP contribution in [-0.2, 0) is 0 Å². The van der Waals surface area contributed by atoms with Crippen LogP contribution in [0, 0.1) is 0 Å². The zero-order chi connectivity index (χ0) is 6.41. The van der Waals surface area contributed by atoms with E-state index >= 15 is 0 Å². The van der Waals surface area contributed by atoms with Gasteiger partial charge in [-0.15, -0.1) is 0 Å². The Morgan fingerprint density at radius 1 is 1.88 bits per heavy atom. The van der Waals surface area contributed by atoms with Gasteiger partial charge in [-0.2, -0.15) is 0 Å². The molecule has 3 N–H and O–H groups in total. The highest BCUT2D eigenvalue weighted by atomic mass is 32.1. The van der Waals surface area contributed by atoms with E-state index in [9.17, 15) is 0 Å². The topological polar surface area (TPSA) is 50.4 Å². The van der Waals surface area contributed by atoms with Gasteiger partial charge in [-0.05, 0) is 6.42 Å². The number of aliphatic imine (C=N–C) groups is 1. The molecule has 0 heterocycles. The molecule has 0 atom stereocenters. The highest BCUT2D eigenvalue weighted by Crippen LogP contribution is 1.75. The Balaban J connectivity index is 3.26. The van der Waals surface area contributed by atoms with E-state index in [1.165, 1.54) is 0 Å². The Hall–Kier alpha value is -0.380. The van der Waals surface area contributed by atoms with Gasteiger partial charge in [0.1, 0.15) is 0 Å². The number of thiol groups is 1. The maximum Gasteiger partial charge on any atom is 0.198 e. The normalized spacial score (nSPS) is 11.5. The van der Waals surface area contributed by atoms with Crippen molar-refractivity contribution in [3.8, 4) is 0 Å². The van der Waals surface area contributed by atoms with Crippen molar-refractivity contribution in [1.82, 2.24) is 4.72 Å². The van der Waals surface area contributed by atoms with Gasteiger partial charge >= 0.3 is 0 Å². The predicted molar refractivity (Wildman–Crippen MR) is 38.9 cm³/mol. The molecule has 0 bridgehead atoms. The van der Waals surface area contributed by atoms with Crippen molar-refractivity contribution in [3.05, 3.63) is 0 Å². The third-order valence-corrected chi connectivity index (χ3v) is 0.849. The first-order valence-electron chi connectivity index (χ1n) is 2.51. The molecule has 0 saturated carbocycles. The van der Waals surface area contributed by atoms with Crippen molar-refractivity contribution in [2.45, 2.75) is 13.3 Å². The molecule has 0 aliphatic heterocycles. The minimum Gasteiger partial charge on any atom is -0.369 e. The lowest BCUT2D eigenvalue weighted by Crippen LogP contribution is -2.23. The fourth-order valence-electron chi connectivity index (χ4n) is 0.268. The number of hydrogen-bond acceptors (Lipinski definition) is 2. The lowest BCUT2D eigenvalue weighted by atomic mass is 10.5. The molecule has 0 aromatic carbocycles. The van der Waals surface area contributed by atoms with Crippen molar-refractivity contribution in [2.75, 3.05) is 6.54 Å². The highest BCUT2D eigenvalue weighted by molar-refractivity contribution is 7.78. The maximum absolute atomic E-state index is 5.22. The first-order valence-corrected chi connectivity index (χ1v) is 2.96. The highest BCUT2D eigenvalue weighted by Gasteiger charge is 1.80. The van der Waals surface area contributed by atoms with Crippen LogP contribution < -0.4 is 10.5 Å². The largest absolute Gasteiger partial charge is 0.369 e. The molecule has 0 aliphatic carbocycles. The van der Waals surface area contributed by atoms with Gasteiger partial charge in [0.15, 0.2) is 5.96 Å². The SMILES string of the molecule is CCCN=C(N)NS. The van der Waals surface area contributed by atoms with E-state index in [0.29, 0.717) is 5.96 Å². The van der Waals surface area contributed by atoms with Gasteiger partial charge in [0.25, 0.3) is 0 Å². The molecule has 0 rings (SSSR count). The summed E-state index contributed by atoms with van der Waals surface area (Å²) in [4.78, 5) is 3.87. The minimum absolute atomic E-state index is 0.384.